The van der Waals surface area contributed by atoms with Crippen molar-refractivity contribution in [3.63, 3.8) is 0 Å². The summed E-state index contributed by atoms with van der Waals surface area (Å²) in [5.74, 6) is 0.878. The lowest BCUT2D eigenvalue weighted by molar-refractivity contribution is 0.340. The Kier molecular flexibility index (Phi) is 2.08. The van der Waals surface area contributed by atoms with E-state index >= 15 is 0 Å². The Morgan fingerprint density at radius 2 is 1.92 bits per heavy atom. The quantitative estimate of drug-likeness (QED) is 0.698. The highest BCUT2D eigenvalue weighted by Gasteiger charge is 1.95. The lowest BCUT2D eigenvalue weighted by Crippen LogP contribution is -1.91. The maximum absolute atomic E-state index is 5.37. The van der Waals surface area contributed by atoms with Crippen LogP contribution in [0.2, 0.25) is 0 Å². The van der Waals surface area contributed by atoms with Crippen LogP contribution in [-0.2, 0) is 0 Å². The molecule has 0 aliphatic rings. The number of aromatic nitrogens is 2. The van der Waals surface area contributed by atoms with Crippen LogP contribution >= 0.6 is 0 Å². The number of ether oxygens (including phenoxy) is 1. The van der Waals surface area contributed by atoms with Crippen molar-refractivity contribution in [1.29, 1.82) is 0 Å². The number of rotatable bonds is 2. The largest absolute Gasteiger partial charge is 0.494 e. The zero-order chi connectivity index (χ0) is 9.10. The van der Waals surface area contributed by atoms with Gasteiger partial charge in [0, 0.05) is 10.8 Å². The molecule has 0 aliphatic carbocycles. The Balaban J connectivity index is 2.49. The van der Waals surface area contributed by atoms with Crippen LogP contribution < -0.4 is 4.74 Å². The van der Waals surface area contributed by atoms with Gasteiger partial charge < -0.3 is 4.74 Å². The van der Waals surface area contributed by atoms with Gasteiger partial charge in [0.15, 0.2) is 0 Å². The Morgan fingerprint density at radius 3 is 2.69 bits per heavy atom. The van der Waals surface area contributed by atoms with Crippen molar-refractivity contribution in [3.8, 4) is 5.75 Å². The molecule has 1 aromatic heterocycles. The summed E-state index contributed by atoms with van der Waals surface area (Å²) in [5, 5.41) is 9.74. The van der Waals surface area contributed by atoms with Gasteiger partial charge in [-0.2, -0.15) is 10.2 Å². The van der Waals surface area contributed by atoms with Gasteiger partial charge in [-0.05, 0) is 25.1 Å². The Morgan fingerprint density at radius 1 is 1.15 bits per heavy atom. The maximum atomic E-state index is 5.37. The molecule has 2 rings (SSSR count). The molecule has 0 saturated heterocycles. The minimum Gasteiger partial charge on any atom is -0.494 e. The molecular weight excluding hydrogens is 164 g/mol. The van der Waals surface area contributed by atoms with E-state index in [1.165, 1.54) is 0 Å². The summed E-state index contributed by atoms with van der Waals surface area (Å²) in [7, 11) is 0. The van der Waals surface area contributed by atoms with E-state index in [9.17, 15) is 0 Å². The highest BCUT2D eigenvalue weighted by Crippen LogP contribution is 2.18. The third-order valence-electron chi connectivity index (χ3n) is 1.83. The Bertz CT molecular complexity index is 414. The fraction of sp³-hybridized carbons (Fsp3) is 0.200. The predicted molar refractivity (Wildman–Crippen MR) is 50.7 cm³/mol. The van der Waals surface area contributed by atoms with E-state index in [2.05, 4.69) is 10.2 Å². The highest BCUT2D eigenvalue weighted by atomic mass is 16.5. The highest BCUT2D eigenvalue weighted by molar-refractivity contribution is 5.81. The standard InChI is InChI=1S/C10H10N2O/c1-2-13-10-4-3-8-6-11-12-7-9(8)5-10/h3-7H,2H2,1H3. The average molecular weight is 174 g/mol. The van der Waals surface area contributed by atoms with Gasteiger partial charge in [-0.3, -0.25) is 0 Å². The summed E-state index contributed by atoms with van der Waals surface area (Å²) in [6.45, 7) is 2.65. The minimum atomic E-state index is 0.685. The SMILES string of the molecule is CCOc1ccc2cnncc2c1. The smallest absolute Gasteiger partial charge is 0.119 e. The maximum Gasteiger partial charge on any atom is 0.119 e. The van der Waals surface area contributed by atoms with E-state index < -0.39 is 0 Å². The first-order valence-corrected chi connectivity index (χ1v) is 4.23. The second kappa shape index (κ2) is 3.39. The van der Waals surface area contributed by atoms with Gasteiger partial charge in [-0.1, -0.05) is 0 Å². The molecule has 0 radical (unpaired) electrons. The van der Waals surface area contributed by atoms with Crippen molar-refractivity contribution in [1.82, 2.24) is 10.2 Å². The van der Waals surface area contributed by atoms with Crippen LogP contribution in [0.5, 0.6) is 5.75 Å². The molecule has 0 bridgehead atoms. The number of hydrogen-bond donors (Lipinski definition) is 0. The summed E-state index contributed by atoms with van der Waals surface area (Å²) in [6, 6.07) is 5.88. The predicted octanol–water partition coefficient (Wildman–Crippen LogP) is 2.03. The van der Waals surface area contributed by atoms with E-state index in [4.69, 9.17) is 4.74 Å². The van der Waals surface area contributed by atoms with Gasteiger partial charge in [0.25, 0.3) is 0 Å². The van der Waals surface area contributed by atoms with Crippen LogP contribution in [0, 0.1) is 0 Å². The summed E-state index contributed by atoms with van der Waals surface area (Å²) in [5.41, 5.74) is 0. The third kappa shape index (κ3) is 1.59. The third-order valence-corrected chi connectivity index (χ3v) is 1.83. The monoisotopic (exact) mass is 174 g/mol. The first-order chi connectivity index (χ1) is 6.40. The van der Waals surface area contributed by atoms with Crippen LogP contribution in [0.25, 0.3) is 10.8 Å². The van der Waals surface area contributed by atoms with Crippen LogP contribution in [0.1, 0.15) is 6.92 Å². The topological polar surface area (TPSA) is 35.0 Å². The fourth-order valence-electron chi connectivity index (χ4n) is 1.23. The number of nitrogens with zero attached hydrogens (tertiary/aromatic N) is 2. The molecule has 0 amide bonds. The molecule has 1 aromatic carbocycles. The van der Waals surface area contributed by atoms with Crippen molar-refractivity contribution >= 4 is 10.8 Å². The van der Waals surface area contributed by atoms with Gasteiger partial charge >= 0.3 is 0 Å². The van der Waals surface area contributed by atoms with E-state index in [1.54, 1.807) is 12.4 Å². The van der Waals surface area contributed by atoms with Crippen LogP contribution in [0.15, 0.2) is 30.6 Å². The van der Waals surface area contributed by atoms with Gasteiger partial charge in [0.2, 0.25) is 0 Å². The lowest BCUT2D eigenvalue weighted by atomic mass is 10.2. The van der Waals surface area contributed by atoms with E-state index in [1.807, 2.05) is 25.1 Å². The van der Waals surface area contributed by atoms with E-state index in [-0.39, 0.29) is 0 Å². The molecule has 0 saturated carbocycles. The molecule has 3 heteroatoms. The summed E-state index contributed by atoms with van der Waals surface area (Å²) in [6.07, 6.45) is 3.48. The second-order valence-corrected chi connectivity index (χ2v) is 2.71. The Hall–Kier alpha value is -1.64. The zero-order valence-corrected chi connectivity index (χ0v) is 7.40. The zero-order valence-electron chi connectivity index (χ0n) is 7.40. The van der Waals surface area contributed by atoms with Gasteiger partial charge in [-0.25, -0.2) is 0 Å². The molecule has 0 N–H and O–H groups in total. The summed E-state index contributed by atoms with van der Waals surface area (Å²) >= 11 is 0. The van der Waals surface area contributed by atoms with Gasteiger partial charge in [-0.15, -0.1) is 0 Å². The number of fused-ring (bicyclic) bond motifs is 1. The molecule has 0 unspecified atom stereocenters. The molecule has 3 nitrogen and oxygen atoms in total. The van der Waals surface area contributed by atoms with Crippen molar-refractivity contribution in [2.45, 2.75) is 6.92 Å². The van der Waals surface area contributed by atoms with Gasteiger partial charge in [0.05, 0.1) is 19.0 Å². The molecular formula is C10H10N2O. The van der Waals surface area contributed by atoms with Crippen LogP contribution in [0.3, 0.4) is 0 Å². The average Bonchev–Trinajstić information content (AvgIpc) is 2.18. The molecule has 66 valence electrons. The molecule has 1 heterocycles. The second-order valence-electron chi connectivity index (χ2n) is 2.71. The van der Waals surface area contributed by atoms with Crippen LogP contribution in [-0.4, -0.2) is 16.8 Å². The first kappa shape index (κ1) is 7.98. The Labute approximate surface area is 76.4 Å². The number of hydrogen-bond acceptors (Lipinski definition) is 3. The molecule has 0 spiro atoms. The molecule has 0 aliphatic heterocycles. The van der Waals surface area contributed by atoms with Crippen molar-refractivity contribution < 1.29 is 4.74 Å². The molecule has 13 heavy (non-hydrogen) atoms. The van der Waals surface area contributed by atoms with Crippen molar-refractivity contribution in [2.75, 3.05) is 6.61 Å². The lowest BCUT2D eigenvalue weighted by Gasteiger charge is -2.03. The fourth-order valence-corrected chi connectivity index (χ4v) is 1.23. The first-order valence-electron chi connectivity index (χ1n) is 4.23. The van der Waals surface area contributed by atoms with Crippen molar-refractivity contribution in [3.05, 3.63) is 30.6 Å². The van der Waals surface area contributed by atoms with Gasteiger partial charge in [0.1, 0.15) is 5.75 Å². The van der Waals surface area contributed by atoms with Crippen LogP contribution in [0.4, 0.5) is 0 Å². The molecule has 2 aromatic rings. The molecule has 0 fully saturated rings. The normalized spacial score (nSPS) is 10.2. The van der Waals surface area contributed by atoms with E-state index in [0.717, 1.165) is 16.5 Å². The van der Waals surface area contributed by atoms with Crippen molar-refractivity contribution in [2.24, 2.45) is 0 Å². The molecule has 0 atom stereocenters. The number of benzene rings is 1. The minimum absolute atomic E-state index is 0.685. The summed E-state index contributed by atoms with van der Waals surface area (Å²) in [4.78, 5) is 0. The summed E-state index contributed by atoms with van der Waals surface area (Å²) < 4.78 is 5.37. The van der Waals surface area contributed by atoms with E-state index in [0.29, 0.717) is 6.61 Å².